The van der Waals surface area contributed by atoms with Gasteiger partial charge in [0.25, 0.3) is 5.69 Å². The van der Waals surface area contributed by atoms with Gasteiger partial charge < -0.3 is 20.9 Å². The number of hydrogen-bond donors (Lipinski definition) is 3. The van der Waals surface area contributed by atoms with Gasteiger partial charge in [-0.1, -0.05) is 12.1 Å². The maximum Gasteiger partial charge on any atom is 0.270 e. The van der Waals surface area contributed by atoms with Crippen molar-refractivity contribution < 1.29 is 15.2 Å². The number of aliphatic hydroxyl groups excluding tert-OH is 1. The Morgan fingerprint density at radius 3 is 2.86 bits per heavy atom. The van der Waals surface area contributed by atoms with Crippen molar-refractivity contribution in [1.29, 1.82) is 0 Å². The molecule has 21 heavy (non-hydrogen) atoms. The highest BCUT2D eigenvalue weighted by Crippen LogP contribution is 2.29. The van der Waals surface area contributed by atoms with Gasteiger partial charge in [-0.25, -0.2) is 0 Å². The number of nitro benzene ring substituents is 1. The van der Waals surface area contributed by atoms with Gasteiger partial charge in [0.1, 0.15) is 0 Å². The summed E-state index contributed by atoms with van der Waals surface area (Å²) in [5, 5.41) is 32.6. The van der Waals surface area contributed by atoms with E-state index in [2.05, 4.69) is 5.16 Å². The predicted molar refractivity (Wildman–Crippen MR) is 77.6 cm³/mol. The van der Waals surface area contributed by atoms with Gasteiger partial charge >= 0.3 is 0 Å². The van der Waals surface area contributed by atoms with Crippen LogP contribution in [0.2, 0.25) is 0 Å². The molecule has 8 nitrogen and oxygen atoms in total. The van der Waals surface area contributed by atoms with E-state index in [1.807, 2.05) is 11.8 Å². The fourth-order valence-corrected chi connectivity index (χ4v) is 2.44. The number of nitro groups is 1. The summed E-state index contributed by atoms with van der Waals surface area (Å²) in [5.41, 5.74) is 6.39. The van der Waals surface area contributed by atoms with E-state index in [1.165, 1.54) is 12.1 Å². The first-order valence-corrected chi connectivity index (χ1v) is 6.63. The van der Waals surface area contributed by atoms with Gasteiger partial charge in [-0.3, -0.25) is 10.1 Å². The largest absolute Gasteiger partial charge is 0.409 e. The molecular weight excluding hydrogens is 276 g/mol. The van der Waals surface area contributed by atoms with Crippen molar-refractivity contribution in [3.63, 3.8) is 0 Å². The van der Waals surface area contributed by atoms with Crippen LogP contribution >= 0.6 is 0 Å². The molecule has 1 fully saturated rings. The Bertz CT molecular complexity index is 575. The first-order chi connectivity index (χ1) is 9.93. The molecule has 0 radical (unpaired) electrons. The van der Waals surface area contributed by atoms with E-state index in [0.717, 1.165) is 6.42 Å². The van der Waals surface area contributed by atoms with Crippen LogP contribution in [0.1, 0.15) is 18.9 Å². The molecule has 2 atom stereocenters. The lowest BCUT2D eigenvalue weighted by Gasteiger charge is -2.36. The third-order valence-electron chi connectivity index (χ3n) is 3.83. The highest BCUT2D eigenvalue weighted by atomic mass is 16.6. The molecule has 0 aliphatic carbocycles. The number of amidine groups is 1. The Balaban J connectivity index is 2.41. The van der Waals surface area contributed by atoms with Gasteiger partial charge in [-0.2, -0.15) is 0 Å². The third kappa shape index (κ3) is 3.05. The van der Waals surface area contributed by atoms with Crippen molar-refractivity contribution in [3.8, 4) is 0 Å². The van der Waals surface area contributed by atoms with Crippen molar-refractivity contribution >= 4 is 17.2 Å². The van der Waals surface area contributed by atoms with Crippen LogP contribution < -0.4 is 10.6 Å². The topological polar surface area (TPSA) is 125 Å². The number of aliphatic hydroxyl groups is 1. The molecule has 2 rings (SSSR count). The minimum absolute atomic E-state index is 0.133. The number of non-ortho nitro benzene ring substituents is 1. The molecule has 1 aromatic rings. The van der Waals surface area contributed by atoms with Crippen LogP contribution in [0.15, 0.2) is 23.4 Å². The lowest BCUT2D eigenvalue weighted by Crippen LogP contribution is -2.43. The normalized spacial score (nSPS) is 23.1. The average molecular weight is 294 g/mol. The third-order valence-corrected chi connectivity index (χ3v) is 3.83. The predicted octanol–water partition coefficient (Wildman–Crippen LogP) is 0.896. The number of nitrogens with two attached hydrogens (primary N) is 1. The molecule has 0 spiro atoms. The van der Waals surface area contributed by atoms with Crippen LogP contribution in [-0.4, -0.2) is 40.3 Å². The molecule has 1 heterocycles. The van der Waals surface area contributed by atoms with E-state index in [9.17, 15) is 15.2 Å². The standard InChI is InChI=1S/C13H18N4O4/c1-8-4-5-16(7-12(8)18)11-3-2-9(17(20)21)6-10(11)13(14)15-19/h2-3,6,8,12,18-19H,4-5,7H2,1H3,(H2,14,15). The fourth-order valence-electron chi connectivity index (χ4n) is 2.44. The molecule has 1 aromatic carbocycles. The van der Waals surface area contributed by atoms with E-state index < -0.39 is 11.0 Å². The number of nitrogens with zero attached hydrogens (tertiary/aromatic N) is 3. The molecule has 0 amide bonds. The molecule has 1 aliphatic heterocycles. The molecule has 4 N–H and O–H groups in total. The maximum atomic E-state index is 10.9. The summed E-state index contributed by atoms with van der Waals surface area (Å²) in [5.74, 6) is 0.00779. The lowest BCUT2D eigenvalue weighted by atomic mass is 9.95. The second-order valence-corrected chi connectivity index (χ2v) is 5.22. The quantitative estimate of drug-likeness (QED) is 0.250. The minimum atomic E-state index is -0.537. The van der Waals surface area contributed by atoms with Crippen LogP contribution in [0.5, 0.6) is 0 Å². The summed E-state index contributed by atoms with van der Waals surface area (Å²) in [6.45, 7) is 3.08. The van der Waals surface area contributed by atoms with Crippen LogP contribution in [0.3, 0.4) is 0 Å². The molecule has 0 saturated carbocycles. The fraction of sp³-hybridized carbons (Fsp3) is 0.462. The second-order valence-electron chi connectivity index (χ2n) is 5.22. The van der Waals surface area contributed by atoms with Gasteiger partial charge in [0.15, 0.2) is 5.84 Å². The number of anilines is 1. The molecule has 2 unspecified atom stereocenters. The van der Waals surface area contributed by atoms with Gasteiger partial charge in [0.2, 0.25) is 0 Å². The zero-order valence-electron chi connectivity index (χ0n) is 11.6. The van der Waals surface area contributed by atoms with Crippen LogP contribution in [-0.2, 0) is 0 Å². The summed E-state index contributed by atoms with van der Waals surface area (Å²) in [6.07, 6.45) is 0.322. The van der Waals surface area contributed by atoms with Gasteiger partial charge in [0, 0.05) is 30.9 Å². The smallest absolute Gasteiger partial charge is 0.270 e. The summed E-state index contributed by atoms with van der Waals surface area (Å²) >= 11 is 0. The molecule has 8 heteroatoms. The summed E-state index contributed by atoms with van der Waals surface area (Å²) in [4.78, 5) is 12.2. The van der Waals surface area contributed by atoms with Gasteiger partial charge in [-0.05, 0) is 18.4 Å². The maximum absolute atomic E-state index is 10.9. The van der Waals surface area contributed by atoms with Crippen LogP contribution in [0.25, 0.3) is 0 Å². The van der Waals surface area contributed by atoms with E-state index in [-0.39, 0.29) is 23.0 Å². The molecule has 114 valence electrons. The molecule has 1 saturated heterocycles. The van der Waals surface area contributed by atoms with Crippen molar-refractivity contribution in [2.24, 2.45) is 16.8 Å². The Kier molecular flexibility index (Phi) is 4.27. The number of hydrogen-bond acceptors (Lipinski definition) is 6. The van der Waals surface area contributed by atoms with Crippen molar-refractivity contribution in [3.05, 3.63) is 33.9 Å². The SMILES string of the molecule is CC1CCN(c2ccc([N+](=O)[O-])cc2/C(N)=N/O)CC1O. The molecule has 1 aliphatic rings. The zero-order chi connectivity index (χ0) is 15.6. The van der Waals surface area contributed by atoms with Gasteiger partial charge in [-0.15, -0.1) is 0 Å². The number of piperidine rings is 1. The lowest BCUT2D eigenvalue weighted by molar-refractivity contribution is -0.384. The Morgan fingerprint density at radius 1 is 1.57 bits per heavy atom. The minimum Gasteiger partial charge on any atom is -0.409 e. The van der Waals surface area contributed by atoms with Crippen molar-refractivity contribution in [1.82, 2.24) is 0 Å². The zero-order valence-corrected chi connectivity index (χ0v) is 11.6. The first kappa shape index (κ1) is 15.0. The summed E-state index contributed by atoms with van der Waals surface area (Å²) in [7, 11) is 0. The van der Waals surface area contributed by atoms with E-state index in [1.54, 1.807) is 6.07 Å². The van der Waals surface area contributed by atoms with Crippen LogP contribution in [0.4, 0.5) is 11.4 Å². The second kappa shape index (κ2) is 5.96. The molecule has 0 bridgehead atoms. The van der Waals surface area contributed by atoms with E-state index >= 15 is 0 Å². The van der Waals surface area contributed by atoms with Crippen LogP contribution in [0, 0.1) is 16.0 Å². The summed E-state index contributed by atoms with van der Waals surface area (Å²) < 4.78 is 0. The van der Waals surface area contributed by atoms with Crippen molar-refractivity contribution in [2.75, 3.05) is 18.0 Å². The molecule has 0 aromatic heterocycles. The number of oxime groups is 1. The van der Waals surface area contributed by atoms with E-state index in [4.69, 9.17) is 10.9 Å². The highest BCUT2D eigenvalue weighted by Gasteiger charge is 2.27. The highest BCUT2D eigenvalue weighted by molar-refractivity contribution is 6.02. The number of benzene rings is 1. The molecular formula is C13H18N4O4. The van der Waals surface area contributed by atoms with Gasteiger partial charge in [0.05, 0.1) is 16.6 Å². The number of rotatable bonds is 3. The number of β-amino-alcohol motifs (C(OH)–C–C–N with tert-alkyl or cyclic N) is 1. The Morgan fingerprint density at radius 2 is 2.29 bits per heavy atom. The monoisotopic (exact) mass is 294 g/mol. The van der Waals surface area contributed by atoms with E-state index in [0.29, 0.717) is 18.8 Å². The first-order valence-electron chi connectivity index (χ1n) is 6.63. The van der Waals surface area contributed by atoms with Crippen molar-refractivity contribution in [2.45, 2.75) is 19.4 Å². The average Bonchev–Trinajstić information content (AvgIpc) is 2.48. The Labute approximate surface area is 121 Å². The summed E-state index contributed by atoms with van der Waals surface area (Å²) in [6, 6.07) is 4.21. The Hall–Kier alpha value is -2.35.